The molecular formula is C12H17BrN2O. The molecule has 0 radical (unpaired) electrons. The van der Waals surface area contributed by atoms with Crippen molar-refractivity contribution < 1.29 is 4.79 Å². The average Bonchev–Trinajstić information content (AvgIpc) is 2.20. The lowest BCUT2D eigenvalue weighted by atomic mass is 10.1. The third-order valence-corrected chi connectivity index (χ3v) is 3.52. The number of halogens is 1. The fourth-order valence-electron chi connectivity index (χ4n) is 1.49. The molecule has 0 unspecified atom stereocenters. The van der Waals surface area contributed by atoms with E-state index in [1.165, 1.54) is 18.1 Å². The van der Waals surface area contributed by atoms with Crippen molar-refractivity contribution in [3.8, 4) is 0 Å². The second-order valence-electron chi connectivity index (χ2n) is 3.83. The van der Waals surface area contributed by atoms with Crippen LogP contribution in [0.15, 0.2) is 16.6 Å². The molecule has 0 saturated carbocycles. The van der Waals surface area contributed by atoms with E-state index in [2.05, 4.69) is 52.5 Å². The minimum Gasteiger partial charge on any atom is -0.383 e. The van der Waals surface area contributed by atoms with Crippen molar-refractivity contribution in [1.29, 1.82) is 0 Å². The van der Waals surface area contributed by atoms with Crippen LogP contribution in [0, 0.1) is 13.8 Å². The largest absolute Gasteiger partial charge is 0.383 e. The third-order valence-electron chi connectivity index (χ3n) is 2.26. The van der Waals surface area contributed by atoms with Gasteiger partial charge in [0.25, 0.3) is 0 Å². The van der Waals surface area contributed by atoms with Crippen molar-refractivity contribution in [2.24, 2.45) is 0 Å². The summed E-state index contributed by atoms with van der Waals surface area (Å²) in [6.07, 6.45) is 0. The molecule has 1 amide bonds. The lowest BCUT2D eigenvalue weighted by Gasteiger charge is -2.10. The number of hydrogen-bond acceptors (Lipinski definition) is 2. The molecule has 0 atom stereocenters. The summed E-state index contributed by atoms with van der Waals surface area (Å²) in [5.74, 6) is 0.00460. The molecule has 0 aliphatic heterocycles. The van der Waals surface area contributed by atoms with Gasteiger partial charge in [-0.15, -0.1) is 0 Å². The second-order valence-corrected chi connectivity index (χ2v) is 4.63. The van der Waals surface area contributed by atoms with E-state index >= 15 is 0 Å². The quantitative estimate of drug-likeness (QED) is 0.835. The van der Waals surface area contributed by atoms with E-state index in [4.69, 9.17) is 0 Å². The molecule has 0 aliphatic rings. The Morgan fingerprint density at radius 3 is 2.31 bits per heavy atom. The van der Waals surface area contributed by atoms with Crippen molar-refractivity contribution in [1.82, 2.24) is 5.32 Å². The molecule has 1 rings (SSSR count). The number of hydrogen-bond donors (Lipinski definition) is 2. The number of amides is 1. The van der Waals surface area contributed by atoms with Crippen molar-refractivity contribution in [3.63, 3.8) is 0 Å². The van der Waals surface area contributed by atoms with Crippen LogP contribution < -0.4 is 10.6 Å². The highest BCUT2D eigenvalue weighted by atomic mass is 79.9. The van der Waals surface area contributed by atoms with Gasteiger partial charge in [0.05, 0.1) is 0 Å². The van der Waals surface area contributed by atoms with E-state index in [0.29, 0.717) is 6.54 Å². The van der Waals surface area contributed by atoms with Crippen LogP contribution in [0.1, 0.15) is 18.1 Å². The summed E-state index contributed by atoms with van der Waals surface area (Å²) in [5, 5.41) is 6.02. The van der Waals surface area contributed by atoms with Gasteiger partial charge < -0.3 is 10.6 Å². The summed E-state index contributed by atoms with van der Waals surface area (Å²) in [6.45, 7) is 7.03. The van der Waals surface area contributed by atoms with Gasteiger partial charge in [-0.25, -0.2) is 0 Å². The van der Waals surface area contributed by atoms with Crippen LogP contribution in [0.3, 0.4) is 0 Å². The molecule has 3 nitrogen and oxygen atoms in total. The SMILES string of the molecule is CC(=O)NCCNc1cc(C)c(Br)c(C)c1. The highest BCUT2D eigenvalue weighted by molar-refractivity contribution is 9.10. The Hall–Kier alpha value is -1.03. The molecular weight excluding hydrogens is 268 g/mol. The molecule has 2 N–H and O–H groups in total. The predicted octanol–water partition coefficient (Wildman–Crippen LogP) is 2.61. The zero-order valence-electron chi connectivity index (χ0n) is 9.86. The first-order chi connectivity index (χ1) is 7.50. The Labute approximate surface area is 105 Å². The minimum atomic E-state index is 0.00460. The van der Waals surface area contributed by atoms with E-state index in [0.717, 1.165) is 16.7 Å². The summed E-state index contributed by atoms with van der Waals surface area (Å²) in [4.78, 5) is 10.7. The second kappa shape index (κ2) is 5.89. The number of benzene rings is 1. The molecule has 0 aliphatic carbocycles. The third kappa shape index (κ3) is 3.85. The number of rotatable bonds is 4. The molecule has 0 fully saturated rings. The summed E-state index contributed by atoms with van der Waals surface area (Å²) >= 11 is 3.53. The predicted molar refractivity (Wildman–Crippen MR) is 70.8 cm³/mol. The van der Waals surface area contributed by atoms with Crippen LogP contribution in [0.4, 0.5) is 5.69 Å². The number of nitrogens with one attached hydrogen (secondary N) is 2. The molecule has 0 aromatic heterocycles. The first-order valence-corrected chi connectivity index (χ1v) is 6.05. The highest BCUT2D eigenvalue weighted by Crippen LogP contribution is 2.24. The lowest BCUT2D eigenvalue weighted by Crippen LogP contribution is -2.26. The molecule has 16 heavy (non-hydrogen) atoms. The Kier molecular flexibility index (Phi) is 4.80. The van der Waals surface area contributed by atoms with Gasteiger partial charge in [-0.3, -0.25) is 4.79 Å². The van der Waals surface area contributed by atoms with Gasteiger partial charge in [-0.1, -0.05) is 15.9 Å². The summed E-state index contributed by atoms with van der Waals surface area (Å²) in [7, 11) is 0. The van der Waals surface area contributed by atoms with Crippen LogP contribution in [0.5, 0.6) is 0 Å². The summed E-state index contributed by atoms with van der Waals surface area (Å²) in [6, 6.07) is 4.18. The molecule has 1 aromatic carbocycles. The number of anilines is 1. The maximum atomic E-state index is 10.7. The van der Waals surface area contributed by atoms with Gasteiger partial charge in [0, 0.05) is 30.2 Å². The minimum absolute atomic E-state index is 0.00460. The molecule has 0 bridgehead atoms. The Morgan fingerprint density at radius 1 is 1.25 bits per heavy atom. The normalized spacial score (nSPS) is 10.0. The van der Waals surface area contributed by atoms with Gasteiger partial charge in [0.15, 0.2) is 0 Å². The number of carbonyl (C=O) groups is 1. The van der Waals surface area contributed by atoms with Gasteiger partial charge in [-0.2, -0.15) is 0 Å². The first-order valence-electron chi connectivity index (χ1n) is 5.25. The topological polar surface area (TPSA) is 41.1 Å². The van der Waals surface area contributed by atoms with E-state index in [1.807, 2.05) is 0 Å². The van der Waals surface area contributed by atoms with E-state index in [9.17, 15) is 4.79 Å². The smallest absolute Gasteiger partial charge is 0.216 e. The van der Waals surface area contributed by atoms with Gasteiger partial charge >= 0.3 is 0 Å². The maximum Gasteiger partial charge on any atom is 0.216 e. The number of carbonyl (C=O) groups excluding carboxylic acids is 1. The van der Waals surface area contributed by atoms with Gasteiger partial charge in [0.1, 0.15) is 0 Å². The molecule has 1 aromatic rings. The zero-order valence-corrected chi connectivity index (χ0v) is 11.4. The monoisotopic (exact) mass is 284 g/mol. The molecule has 0 heterocycles. The fourth-order valence-corrected chi connectivity index (χ4v) is 1.72. The van der Waals surface area contributed by atoms with Crippen molar-refractivity contribution >= 4 is 27.5 Å². The van der Waals surface area contributed by atoms with E-state index in [-0.39, 0.29) is 5.91 Å². The molecule has 4 heteroatoms. The molecule has 88 valence electrons. The highest BCUT2D eigenvalue weighted by Gasteiger charge is 2.01. The summed E-state index contributed by atoms with van der Waals surface area (Å²) in [5.41, 5.74) is 3.51. The maximum absolute atomic E-state index is 10.7. The van der Waals surface area contributed by atoms with Crippen LogP contribution in [-0.4, -0.2) is 19.0 Å². The Balaban J connectivity index is 2.52. The summed E-state index contributed by atoms with van der Waals surface area (Å²) < 4.78 is 1.15. The zero-order chi connectivity index (χ0) is 12.1. The standard InChI is InChI=1S/C12H17BrN2O/c1-8-6-11(7-9(2)12(8)13)15-5-4-14-10(3)16/h6-7,15H,4-5H2,1-3H3,(H,14,16). The van der Waals surface area contributed by atoms with Crippen LogP contribution >= 0.6 is 15.9 Å². The average molecular weight is 285 g/mol. The lowest BCUT2D eigenvalue weighted by molar-refractivity contribution is -0.118. The fraction of sp³-hybridized carbons (Fsp3) is 0.417. The van der Waals surface area contributed by atoms with Crippen LogP contribution in [-0.2, 0) is 4.79 Å². The first kappa shape index (κ1) is 13.0. The molecule has 0 spiro atoms. The van der Waals surface area contributed by atoms with Gasteiger partial charge in [0.2, 0.25) is 5.91 Å². The van der Waals surface area contributed by atoms with Gasteiger partial charge in [-0.05, 0) is 37.1 Å². The van der Waals surface area contributed by atoms with E-state index in [1.54, 1.807) is 0 Å². The Morgan fingerprint density at radius 2 is 1.81 bits per heavy atom. The van der Waals surface area contributed by atoms with E-state index < -0.39 is 0 Å². The van der Waals surface area contributed by atoms with Crippen molar-refractivity contribution in [2.75, 3.05) is 18.4 Å². The number of aryl methyl sites for hydroxylation is 2. The van der Waals surface area contributed by atoms with Crippen LogP contribution in [0.2, 0.25) is 0 Å². The molecule has 0 saturated heterocycles. The van der Waals surface area contributed by atoms with Crippen LogP contribution in [0.25, 0.3) is 0 Å². The van der Waals surface area contributed by atoms with Crippen molar-refractivity contribution in [2.45, 2.75) is 20.8 Å². The Bertz CT molecular complexity index is 368. The van der Waals surface area contributed by atoms with Crippen molar-refractivity contribution in [3.05, 3.63) is 27.7 Å².